The molecular weight excluding hydrogens is 1900 g/mol. The maximum Gasteiger partial charge on any atom is 0.183 e. The number of aromatic nitrogens is 2. The number of aliphatic imine (C=N–C) groups is 1. The molecule has 0 saturated heterocycles. The third kappa shape index (κ3) is 48.2. The summed E-state index contributed by atoms with van der Waals surface area (Å²) in [6.45, 7) is 66.0. The predicted octanol–water partition coefficient (Wildman–Crippen LogP) is 34.3. The van der Waals surface area contributed by atoms with Gasteiger partial charge in [0.1, 0.15) is 0 Å². The Morgan fingerprint density at radius 3 is 0.992 bits per heavy atom. The van der Waals surface area contributed by atoms with Gasteiger partial charge in [-0.05, 0) is 76.6 Å². The van der Waals surface area contributed by atoms with E-state index in [0.29, 0.717) is 6.04 Å². The van der Waals surface area contributed by atoms with Crippen LogP contribution in [0.1, 0.15) is 262 Å². The van der Waals surface area contributed by atoms with Crippen LogP contribution in [0.5, 0.6) is 0 Å². The number of aryl methyl sites for hydroxylation is 8. The Morgan fingerprint density at radius 2 is 0.651 bits per heavy atom. The molecule has 7 N–H and O–H groups in total. The van der Waals surface area contributed by atoms with Crippen LogP contribution in [0.25, 0.3) is 63.2 Å². The summed E-state index contributed by atoms with van der Waals surface area (Å²) in [6, 6.07) is 77.5. The second-order valence-corrected chi connectivity index (χ2v) is 26.5. The summed E-state index contributed by atoms with van der Waals surface area (Å²) in [6.07, 6.45) is 9.54. The van der Waals surface area contributed by atoms with Gasteiger partial charge in [0, 0.05) is 178 Å². The Morgan fingerprint density at radius 1 is 0.333 bits per heavy atom. The SMILES string of the molecule is CC.CC.CC.CC.CC.CC.CC.CC.CC.CC.CC.CC.CN=C(C)c1cc2ccccc2s1.CNC1c2ccccc2-c2ccccc21.CNc1nc2c(ccc3ccccc32)s1.CNc1nc2ccc3ccccc3c2s1.Cc1ccc(C)c([C-]=N)c1.Cc1ccc(C)c([C-]=N)c1.Cc1ccc(C)c([C-]=N)c1.Cc1ccc(C)c([C-]=N)c1.[Y].[Y].[Y].[Y]. The number of thiazole rings is 2. The number of nitrogens with one attached hydrogen (secondary N) is 7. The quantitative estimate of drug-likeness (QED) is 0.0592. The molecule has 0 atom stereocenters. The fourth-order valence-corrected chi connectivity index (χ4v) is 13.6. The Labute approximate surface area is 880 Å². The molecular formula is C109H156N10S3Y4-4. The molecule has 3 aromatic heterocycles. The van der Waals surface area contributed by atoms with E-state index in [-0.39, 0.29) is 131 Å². The molecule has 17 heteroatoms. The molecule has 1 aliphatic carbocycles. The number of fused-ring (bicyclic) bond motifs is 10. The Hall–Kier alpha value is -5.99. The van der Waals surface area contributed by atoms with E-state index in [4.69, 9.17) is 21.6 Å². The van der Waals surface area contributed by atoms with Gasteiger partial charge in [0.15, 0.2) is 10.3 Å². The zero-order valence-electron chi connectivity index (χ0n) is 84.3. The number of thiophene rings is 1. The molecule has 0 spiro atoms. The first-order valence-corrected chi connectivity index (χ1v) is 46.6. The largest absolute Gasteiger partial charge is 0.376 e. The monoisotopic (exact) mass is 2060 g/mol. The van der Waals surface area contributed by atoms with Crippen LogP contribution in [-0.2, 0) is 131 Å². The fourth-order valence-electron chi connectivity index (χ4n) is 10.7. The topological polar surface area (TPSA) is 170 Å². The molecule has 0 amide bonds. The van der Waals surface area contributed by atoms with Crippen molar-refractivity contribution in [1.82, 2.24) is 15.3 Å². The number of hydrogen-bond donors (Lipinski definition) is 7. The van der Waals surface area contributed by atoms with Crippen molar-refractivity contribution < 1.29 is 131 Å². The summed E-state index contributed by atoms with van der Waals surface area (Å²) in [5.74, 6) is 0. The maximum absolute atomic E-state index is 6.93. The number of rotatable bonds is 8. The third-order valence-electron chi connectivity index (χ3n) is 16.3. The smallest absolute Gasteiger partial charge is 0.183 e. The van der Waals surface area contributed by atoms with Crippen LogP contribution in [0.15, 0.2) is 229 Å². The van der Waals surface area contributed by atoms with Gasteiger partial charge in [0.25, 0.3) is 0 Å². The summed E-state index contributed by atoms with van der Waals surface area (Å²) >= 11 is 5.19. The van der Waals surface area contributed by atoms with Crippen LogP contribution < -0.4 is 16.0 Å². The van der Waals surface area contributed by atoms with Gasteiger partial charge in [-0.3, -0.25) is 4.99 Å². The first-order valence-electron chi connectivity index (χ1n) is 44.1. The number of benzene rings is 11. The van der Waals surface area contributed by atoms with E-state index < -0.39 is 0 Å². The first-order chi connectivity index (χ1) is 59.4. The molecule has 676 valence electrons. The minimum Gasteiger partial charge on any atom is -0.376 e. The normalized spacial score (nSPS) is 9.07. The molecule has 0 aliphatic heterocycles. The minimum absolute atomic E-state index is 0. The van der Waals surface area contributed by atoms with Crippen molar-refractivity contribution in [2.24, 2.45) is 4.99 Å². The van der Waals surface area contributed by atoms with Crippen LogP contribution in [-0.4, -0.2) is 68.7 Å². The zero-order valence-corrected chi connectivity index (χ0v) is 98.1. The second-order valence-electron chi connectivity index (χ2n) is 23.4. The standard InChI is InChI=1S/C14H13N.2C12H10N2S.C11H11NS.4C9H10N.12C2H6.4Y/c1-15-14-12-8-4-2-6-10(12)11-7-3-5-9-13(11)14;1-13-12-14-11-9-5-3-2-4-8(9)6-7-10(11)15-12;1-13-12-14-10-7-6-8-4-2-3-5-9(8)11(10)15-12;1-8(12-2)11-7-9-5-3-4-6-10(9)13-11;4*1-7-3-4-8(2)9(5-7)6-10;12*1-2;;;;/h2-9,14-15H,1H3;2*2-7H,1H3,(H,13,14);3-7H,1-2H3;4*3-5,10H,1-2H3;12*1-2H3;;;;/q;;;;4*-1;;;;;;;;;;;;;;;;. The van der Waals surface area contributed by atoms with Crippen molar-refractivity contribution in [3.05, 3.63) is 307 Å². The van der Waals surface area contributed by atoms with Gasteiger partial charge in [0.05, 0.1) is 26.5 Å². The van der Waals surface area contributed by atoms with E-state index in [9.17, 15) is 0 Å². The zero-order chi connectivity index (χ0) is 94.3. The van der Waals surface area contributed by atoms with Crippen LogP contribution in [0.3, 0.4) is 0 Å². The molecule has 1 aliphatic rings. The van der Waals surface area contributed by atoms with Gasteiger partial charge in [-0.1, -0.05) is 421 Å². The summed E-state index contributed by atoms with van der Waals surface area (Å²) in [5.41, 5.74) is 21.5. The van der Waals surface area contributed by atoms with Crippen molar-refractivity contribution in [3.63, 3.8) is 0 Å². The molecule has 0 bridgehead atoms. The second kappa shape index (κ2) is 88.3. The Kier molecular flexibility index (Phi) is 96.6. The Balaban J connectivity index is -0.000000171. The molecule has 11 aromatic carbocycles. The molecule has 14 aromatic rings. The summed E-state index contributed by atoms with van der Waals surface area (Å²) in [4.78, 5) is 14.5. The van der Waals surface area contributed by atoms with Crippen LogP contribution in [0, 0.1) is 77.0 Å². The van der Waals surface area contributed by atoms with Crippen molar-refractivity contribution in [2.45, 2.75) is 235 Å². The molecule has 0 saturated carbocycles. The summed E-state index contributed by atoms with van der Waals surface area (Å²) < 4.78 is 3.83. The average Bonchev–Trinajstić information content (AvgIpc) is 1.51. The Bertz CT molecular complexity index is 4690. The summed E-state index contributed by atoms with van der Waals surface area (Å²) in [5, 5.41) is 45.6. The van der Waals surface area contributed by atoms with Crippen LogP contribution in [0.4, 0.5) is 10.3 Å². The average molecular weight is 2060 g/mol. The van der Waals surface area contributed by atoms with Gasteiger partial charge in [-0.25, -0.2) is 9.97 Å². The van der Waals surface area contributed by atoms with Crippen LogP contribution >= 0.6 is 34.0 Å². The molecule has 126 heavy (non-hydrogen) atoms. The fraction of sp³-hybridized carbons (Fsp3) is 0.349. The molecule has 10 nitrogen and oxygen atoms in total. The number of nitrogens with zero attached hydrogens (tertiary/aromatic N) is 3. The van der Waals surface area contributed by atoms with Crippen molar-refractivity contribution >= 4 is 127 Å². The minimum atomic E-state index is 0. The first kappa shape index (κ1) is 138. The maximum atomic E-state index is 6.93. The van der Waals surface area contributed by atoms with Gasteiger partial charge in [-0.2, -0.15) is 68.8 Å². The van der Waals surface area contributed by atoms with Gasteiger partial charge >= 0.3 is 0 Å². The molecule has 3 heterocycles. The van der Waals surface area contributed by atoms with E-state index in [1.54, 1.807) is 34.0 Å². The summed E-state index contributed by atoms with van der Waals surface area (Å²) in [7, 11) is 7.66. The molecule has 15 rings (SSSR count). The van der Waals surface area contributed by atoms with Crippen LogP contribution in [0.2, 0.25) is 0 Å². The molecule has 0 fully saturated rings. The molecule has 4 radical (unpaired) electrons. The predicted molar refractivity (Wildman–Crippen MR) is 563 cm³/mol. The van der Waals surface area contributed by atoms with Gasteiger partial charge in [-0.15, -0.1) is 57.9 Å². The number of anilines is 2. The van der Waals surface area contributed by atoms with E-state index in [2.05, 4.69) is 207 Å². The van der Waals surface area contributed by atoms with E-state index >= 15 is 0 Å². The van der Waals surface area contributed by atoms with E-state index in [0.717, 1.165) is 71.5 Å². The van der Waals surface area contributed by atoms with Crippen molar-refractivity contribution in [1.29, 1.82) is 21.6 Å². The molecule has 0 unspecified atom stereocenters. The van der Waals surface area contributed by atoms with Crippen molar-refractivity contribution in [2.75, 3.05) is 38.8 Å². The van der Waals surface area contributed by atoms with Crippen molar-refractivity contribution in [3.8, 4) is 11.1 Å². The van der Waals surface area contributed by atoms with E-state index in [1.165, 1.54) is 90.4 Å². The van der Waals surface area contributed by atoms with Gasteiger partial charge in [0.2, 0.25) is 0 Å². The van der Waals surface area contributed by atoms with Gasteiger partial charge < -0.3 is 37.6 Å². The third-order valence-corrected chi connectivity index (χ3v) is 19.7. The van der Waals surface area contributed by atoms with E-state index in [1.807, 2.05) is 329 Å². The number of hydrogen-bond acceptors (Lipinski definition) is 13.